The maximum atomic E-state index is 12.4. The molecular weight excluding hydrogens is 388 g/mol. The van der Waals surface area contributed by atoms with Crippen molar-refractivity contribution in [3.63, 3.8) is 0 Å². The minimum Gasteiger partial charge on any atom is -0.493 e. The van der Waals surface area contributed by atoms with Crippen molar-refractivity contribution in [2.45, 2.75) is 24.6 Å². The number of ether oxygens (including phenoxy) is 4. The molecule has 2 amide bonds. The molecule has 28 heavy (non-hydrogen) atoms. The van der Waals surface area contributed by atoms with Crippen molar-refractivity contribution >= 4 is 35.2 Å². The standard InChI is InChI=1S/C18H24N2O7S/c1-5-27-18(23)11-9-28-14(17(22)20-11)8-15(21)19-10-6-12(24-2)16(26-4)13(7-10)25-3/h6-7,11,14H,5,8-9H2,1-4H3,(H,19,21)(H,20,22)/t11-,14-/m1/s1. The van der Waals surface area contributed by atoms with Gasteiger partial charge in [0.2, 0.25) is 17.6 Å². The van der Waals surface area contributed by atoms with Crippen molar-refractivity contribution < 1.29 is 33.3 Å². The van der Waals surface area contributed by atoms with Crippen molar-refractivity contribution in [1.82, 2.24) is 5.32 Å². The molecule has 1 aromatic carbocycles. The molecule has 10 heteroatoms. The average molecular weight is 412 g/mol. The Morgan fingerprint density at radius 3 is 2.32 bits per heavy atom. The smallest absolute Gasteiger partial charge is 0.329 e. The molecule has 0 spiro atoms. The number of carbonyl (C=O) groups excluding carboxylic acids is 3. The van der Waals surface area contributed by atoms with E-state index in [-0.39, 0.29) is 24.8 Å². The van der Waals surface area contributed by atoms with Gasteiger partial charge in [-0.3, -0.25) is 9.59 Å². The molecule has 1 fully saturated rings. The Labute approximate surface area is 167 Å². The van der Waals surface area contributed by atoms with E-state index >= 15 is 0 Å². The van der Waals surface area contributed by atoms with Crippen molar-refractivity contribution in [2.75, 3.05) is 39.0 Å². The first-order chi connectivity index (χ1) is 13.4. The highest BCUT2D eigenvalue weighted by atomic mass is 32.2. The van der Waals surface area contributed by atoms with Gasteiger partial charge in [-0.1, -0.05) is 0 Å². The molecule has 0 aromatic heterocycles. The minimum absolute atomic E-state index is 0.0390. The molecule has 2 atom stereocenters. The van der Waals surface area contributed by atoms with Crippen LogP contribution in [0.15, 0.2) is 12.1 Å². The lowest BCUT2D eigenvalue weighted by molar-refractivity contribution is -0.146. The molecule has 0 saturated carbocycles. The lowest BCUT2D eigenvalue weighted by Gasteiger charge is -2.27. The maximum Gasteiger partial charge on any atom is 0.329 e. The van der Waals surface area contributed by atoms with Crippen LogP contribution in [-0.4, -0.2) is 62.8 Å². The maximum absolute atomic E-state index is 12.4. The Balaban J connectivity index is 1.99. The van der Waals surface area contributed by atoms with Crippen molar-refractivity contribution in [1.29, 1.82) is 0 Å². The third kappa shape index (κ3) is 5.22. The second-order valence-corrected chi connectivity index (χ2v) is 7.04. The number of methoxy groups -OCH3 is 3. The first kappa shape index (κ1) is 21.7. The molecule has 1 saturated heterocycles. The number of thioether (sulfide) groups is 1. The number of hydrogen-bond acceptors (Lipinski definition) is 8. The lowest BCUT2D eigenvalue weighted by atomic mass is 10.2. The van der Waals surface area contributed by atoms with Crippen LogP contribution in [0.2, 0.25) is 0 Å². The highest BCUT2D eigenvalue weighted by Gasteiger charge is 2.34. The van der Waals surface area contributed by atoms with Crippen LogP contribution >= 0.6 is 11.8 Å². The van der Waals surface area contributed by atoms with Crippen LogP contribution in [-0.2, 0) is 19.1 Å². The molecule has 9 nitrogen and oxygen atoms in total. The molecule has 1 aliphatic rings. The van der Waals surface area contributed by atoms with Crippen LogP contribution in [0, 0.1) is 0 Å². The molecule has 154 valence electrons. The summed E-state index contributed by atoms with van der Waals surface area (Å²) in [5, 5.41) is 4.74. The second kappa shape index (κ2) is 10.1. The Bertz CT molecular complexity index is 716. The first-order valence-electron chi connectivity index (χ1n) is 8.61. The highest BCUT2D eigenvalue weighted by molar-refractivity contribution is 8.00. The summed E-state index contributed by atoms with van der Waals surface area (Å²) in [5.74, 6) is 0.385. The van der Waals surface area contributed by atoms with E-state index in [9.17, 15) is 14.4 Å². The second-order valence-electron chi connectivity index (χ2n) is 5.80. The van der Waals surface area contributed by atoms with Gasteiger partial charge in [0.05, 0.1) is 33.2 Å². The van der Waals surface area contributed by atoms with E-state index in [1.807, 2.05) is 0 Å². The Kier molecular flexibility index (Phi) is 7.80. The molecule has 0 radical (unpaired) electrons. The minimum atomic E-state index is -0.688. The Morgan fingerprint density at radius 1 is 1.18 bits per heavy atom. The lowest BCUT2D eigenvalue weighted by Crippen LogP contribution is -2.51. The fourth-order valence-corrected chi connectivity index (χ4v) is 3.78. The number of anilines is 1. The third-order valence-electron chi connectivity index (χ3n) is 3.96. The SMILES string of the molecule is CCOC(=O)[C@H]1CS[C@H](CC(=O)Nc2cc(OC)c(OC)c(OC)c2)C(=O)N1. The zero-order valence-electron chi connectivity index (χ0n) is 16.2. The van der Waals surface area contributed by atoms with Crippen LogP contribution in [0.25, 0.3) is 0 Å². The molecule has 0 aliphatic carbocycles. The summed E-state index contributed by atoms with van der Waals surface area (Å²) in [7, 11) is 4.44. The largest absolute Gasteiger partial charge is 0.493 e. The number of nitrogens with one attached hydrogen (secondary N) is 2. The fraction of sp³-hybridized carbons (Fsp3) is 0.500. The molecule has 0 unspecified atom stereocenters. The fourth-order valence-electron chi connectivity index (χ4n) is 2.65. The van der Waals surface area contributed by atoms with Crippen LogP contribution in [0.5, 0.6) is 17.2 Å². The monoisotopic (exact) mass is 412 g/mol. The highest BCUT2D eigenvalue weighted by Crippen LogP contribution is 2.40. The number of esters is 1. The van der Waals surface area contributed by atoms with Gasteiger partial charge in [0.15, 0.2) is 11.5 Å². The van der Waals surface area contributed by atoms with Gasteiger partial charge >= 0.3 is 5.97 Å². The number of carbonyl (C=O) groups is 3. The van der Waals surface area contributed by atoms with Gasteiger partial charge < -0.3 is 29.6 Å². The van der Waals surface area contributed by atoms with E-state index < -0.39 is 17.3 Å². The molecule has 1 aromatic rings. The predicted octanol–water partition coefficient (Wildman–Crippen LogP) is 1.20. The van der Waals surface area contributed by atoms with Crippen LogP contribution in [0.3, 0.4) is 0 Å². The van der Waals surface area contributed by atoms with Gasteiger partial charge in [-0.25, -0.2) is 4.79 Å². The first-order valence-corrected chi connectivity index (χ1v) is 9.66. The van der Waals surface area contributed by atoms with Gasteiger partial charge in [0.1, 0.15) is 6.04 Å². The van der Waals surface area contributed by atoms with E-state index in [4.69, 9.17) is 18.9 Å². The molecule has 2 N–H and O–H groups in total. The number of hydrogen-bond donors (Lipinski definition) is 2. The van der Waals surface area contributed by atoms with Crippen molar-refractivity contribution in [3.8, 4) is 17.2 Å². The van der Waals surface area contributed by atoms with E-state index in [1.165, 1.54) is 33.1 Å². The Hall–Kier alpha value is -2.62. The summed E-state index contributed by atoms with van der Waals surface area (Å²) in [6, 6.07) is 2.51. The van der Waals surface area contributed by atoms with E-state index in [1.54, 1.807) is 19.1 Å². The molecule has 0 bridgehead atoms. The van der Waals surface area contributed by atoms with E-state index in [0.717, 1.165) is 0 Å². The summed E-state index contributed by atoms with van der Waals surface area (Å²) in [6.07, 6.45) is -0.0390. The number of amides is 2. The van der Waals surface area contributed by atoms with Gasteiger partial charge in [-0.15, -0.1) is 11.8 Å². The van der Waals surface area contributed by atoms with Crippen molar-refractivity contribution in [2.24, 2.45) is 0 Å². The molecule has 1 aliphatic heterocycles. The molecular formula is C18H24N2O7S. The van der Waals surface area contributed by atoms with Crippen LogP contribution < -0.4 is 24.8 Å². The zero-order chi connectivity index (χ0) is 20.7. The topological polar surface area (TPSA) is 112 Å². The van der Waals surface area contributed by atoms with Crippen LogP contribution in [0.4, 0.5) is 5.69 Å². The predicted molar refractivity (Wildman–Crippen MR) is 104 cm³/mol. The normalized spacial score (nSPS) is 18.6. The van der Waals surface area contributed by atoms with Gasteiger partial charge in [-0.2, -0.15) is 0 Å². The summed E-state index contributed by atoms with van der Waals surface area (Å²) in [5.41, 5.74) is 0.449. The molecule has 1 heterocycles. The summed E-state index contributed by atoms with van der Waals surface area (Å²) >= 11 is 1.25. The average Bonchev–Trinajstić information content (AvgIpc) is 2.68. The van der Waals surface area contributed by atoms with Gasteiger partial charge in [0.25, 0.3) is 0 Å². The van der Waals surface area contributed by atoms with Crippen molar-refractivity contribution in [3.05, 3.63) is 12.1 Å². The van der Waals surface area contributed by atoms with Crippen LogP contribution in [0.1, 0.15) is 13.3 Å². The summed E-state index contributed by atoms with van der Waals surface area (Å²) in [6.45, 7) is 1.95. The molecule has 2 rings (SSSR count). The third-order valence-corrected chi connectivity index (χ3v) is 5.27. The van der Waals surface area contributed by atoms with Gasteiger partial charge in [-0.05, 0) is 6.92 Å². The van der Waals surface area contributed by atoms with Gasteiger partial charge in [0, 0.05) is 30.0 Å². The van der Waals surface area contributed by atoms with E-state index in [2.05, 4.69) is 10.6 Å². The van der Waals surface area contributed by atoms with E-state index in [0.29, 0.717) is 28.7 Å². The quantitative estimate of drug-likeness (QED) is 0.613. The number of rotatable bonds is 8. The summed E-state index contributed by atoms with van der Waals surface area (Å²) in [4.78, 5) is 36.3. The summed E-state index contributed by atoms with van der Waals surface area (Å²) < 4.78 is 20.7. The number of benzene rings is 1. The zero-order valence-corrected chi connectivity index (χ0v) is 17.0. The Morgan fingerprint density at radius 2 is 1.82 bits per heavy atom.